The molecular weight excluding hydrogens is 289 g/mol. The summed E-state index contributed by atoms with van der Waals surface area (Å²) >= 11 is 0.0611. The van der Waals surface area contributed by atoms with Gasteiger partial charge in [-0.25, -0.2) is 0 Å². The van der Waals surface area contributed by atoms with Crippen molar-refractivity contribution in [2.24, 2.45) is 11.8 Å². The van der Waals surface area contributed by atoms with Crippen molar-refractivity contribution in [1.82, 2.24) is 7.96 Å². The van der Waals surface area contributed by atoms with Gasteiger partial charge in [0.05, 0.1) is 0 Å². The van der Waals surface area contributed by atoms with Gasteiger partial charge in [-0.3, -0.25) is 0 Å². The van der Waals surface area contributed by atoms with Gasteiger partial charge >= 0.3 is 114 Å². The van der Waals surface area contributed by atoms with Crippen LogP contribution < -0.4 is 5.32 Å². The Balaban J connectivity index is 1.85. The number of rotatable bonds is 2. The first-order valence-corrected chi connectivity index (χ1v) is 8.27. The van der Waals surface area contributed by atoms with Crippen LogP contribution in [0, 0.1) is 11.8 Å². The minimum absolute atomic E-state index is 0.0611. The Morgan fingerprint density at radius 3 is 3.00 bits per heavy atom. The van der Waals surface area contributed by atoms with Crippen LogP contribution in [0.1, 0.15) is 33.1 Å². The van der Waals surface area contributed by atoms with E-state index in [0.717, 1.165) is 22.9 Å². The summed E-state index contributed by atoms with van der Waals surface area (Å²) < 4.78 is 8.98. The van der Waals surface area contributed by atoms with E-state index >= 15 is 0 Å². The van der Waals surface area contributed by atoms with Crippen LogP contribution >= 0.6 is 0 Å². The summed E-state index contributed by atoms with van der Waals surface area (Å²) in [5.74, 6) is 1.55. The van der Waals surface area contributed by atoms with E-state index in [9.17, 15) is 0 Å². The average molecular weight is 308 g/mol. The number of nitrogens with zero attached hydrogens (tertiary/aromatic N) is 2. The molecule has 0 saturated heterocycles. The second-order valence-electron chi connectivity index (χ2n) is 5.46. The zero-order valence-corrected chi connectivity index (χ0v) is 12.6. The summed E-state index contributed by atoms with van der Waals surface area (Å²) in [7, 11) is 0. The van der Waals surface area contributed by atoms with E-state index in [2.05, 4.69) is 45.3 Å². The van der Waals surface area contributed by atoms with E-state index in [4.69, 9.17) is 0 Å². The van der Waals surface area contributed by atoms with Crippen LogP contribution in [0.2, 0.25) is 0 Å². The first kappa shape index (κ1) is 12.2. The van der Waals surface area contributed by atoms with Crippen molar-refractivity contribution in [2.75, 3.05) is 5.32 Å². The van der Waals surface area contributed by atoms with Crippen molar-refractivity contribution in [3.63, 3.8) is 0 Å². The van der Waals surface area contributed by atoms with Gasteiger partial charge in [0, 0.05) is 0 Å². The topological polar surface area (TPSA) is 37.8 Å². The molecule has 1 aromatic carbocycles. The Morgan fingerprint density at radius 1 is 1.22 bits per heavy atom. The molecule has 3 nitrogen and oxygen atoms in total. The molecular formula is C14H19N3Se. The molecule has 0 bridgehead atoms. The molecule has 0 amide bonds. The Labute approximate surface area is 114 Å². The third kappa shape index (κ3) is 2.19. The van der Waals surface area contributed by atoms with Crippen molar-refractivity contribution >= 4 is 31.7 Å². The minimum atomic E-state index is 0.0611. The molecule has 1 heterocycles. The molecule has 96 valence electrons. The van der Waals surface area contributed by atoms with E-state index < -0.39 is 0 Å². The number of nitrogens with one attached hydrogen (secondary N) is 1. The Hall–Kier alpha value is -0.861. The molecule has 3 unspecified atom stereocenters. The summed E-state index contributed by atoms with van der Waals surface area (Å²) in [6.45, 7) is 4.74. The van der Waals surface area contributed by atoms with Crippen LogP contribution in [0.5, 0.6) is 0 Å². The summed E-state index contributed by atoms with van der Waals surface area (Å²) in [5, 5.41) is 3.72. The SMILES string of the molecule is CC1CCCC(Nc2cccc3n[se]nc23)C1C. The Kier molecular flexibility index (Phi) is 3.40. The molecule has 1 aliphatic rings. The van der Waals surface area contributed by atoms with Gasteiger partial charge in [-0.15, -0.1) is 0 Å². The molecule has 1 aromatic heterocycles. The van der Waals surface area contributed by atoms with Crippen molar-refractivity contribution < 1.29 is 0 Å². The molecule has 1 N–H and O–H groups in total. The van der Waals surface area contributed by atoms with E-state index in [1.807, 2.05) is 0 Å². The van der Waals surface area contributed by atoms with E-state index in [-0.39, 0.29) is 15.0 Å². The van der Waals surface area contributed by atoms with Crippen LogP contribution in [-0.2, 0) is 0 Å². The number of benzene rings is 1. The first-order chi connectivity index (χ1) is 8.75. The number of hydrogen-bond donors (Lipinski definition) is 1. The quantitative estimate of drug-likeness (QED) is 0.867. The maximum atomic E-state index is 4.54. The molecule has 1 aliphatic carbocycles. The maximum absolute atomic E-state index is 4.54. The molecule has 0 radical (unpaired) electrons. The summed E-state index contributed by atoms with van der Waals surface area (Å²) in [6, 6.07) is 6.87. The fourth-order valence-corrected chi connectivity index (χ4v) is 4.06. The monoisotopic (exact) mass is 309 g/mol. The van der Waals surface area contributed by atoms with E-state index in [1.54, 1.807) is 0 Å². The third-order valence-corrected chi connectivity index (χ3v) is 5.47. The van der Waals surface area contributed by atoms with E-state index in [0.29, 0.717) is 6.04 Å². The van der Waals surface area contributed by atoms with Crippen LogP contribution in [0.3, 0.4) is 0 Å². The zero-order valence-electron chi connectivity index (χ0n) is 10.9. The van der Waals surface area contributed by atoms with Gasteiger partial charge in [0.2, 0.25) is 0 Å². The first-order valence-electron chi connectivity index (χ1n) is 6.73. The zero-order chi connectivity index (χ0) is 12.5. The van der Waals surface area contributed by atoms with Gasteiger partial charge < -0.3 is 0 Å². The van der Waals surface area contributed by atoms with Crippen molar-refractivity contribution in [3.8, 4) is 0 Å². The molecule has 3 atom stereocenters. The predicted octanol–water partition coefficient (Wildman–Crippen LogP) is 2.92. The number of hydrogen-bond acceptors (Lipinski definition) is 3. The molecule has 0 aliphatic heterocycles. The molecule has 0 spiro atoms. The fourth-order valence-electron chi connectivity index (χ4n) is 2.91. The summed E-state index contributed by atoms with van der Waals surface area (Å²) in [4.78, 5) is 0. The predicted molar refractivity (Wildman–Crippen MR) is 76.1 cm³/mol. The summed E-state index contributed by atoms with van der Waals surface area (Å²) in [5.41, 5.74) is 3.33. The van der Waals surface area contributed by atoms with Gasteiger partial charge in [-0.1, -0.05) is 0 Å². The van der Waals surface area contributed by atoms with Crippen LogP contribution in [-0.4, -0.2) is 29.0 Å². The van der Waals surface area contributed by atoms with Crippen LogP contribution in [0.4, 0.5) is 5.69 Å². The fraction of sp³-hybridized carbons (Fsp3) is 0.571. The van der Waals surface area contributed by atoms with Crippen molar-refractivity contribution in [3.05, 3.63) is 18.2 Å². The molecule has 18 heavy (non-hydrogen) atoms. The van der Waals surface area contributed by atoms with Gasteiger partial charge in [-0.05, 0) is 0 Å². The average Bonchev–Trinajstić information content (AvgIpc) is 2.84. The number of anilines is 1. The van der Waals surface area contributed by atoms with Crippen LogP contribution in [0.15, 0.2) is 18.2 Å². The van der Waals surface area contributed by atoms with Gasteiger partial charge in [0.15, 0.2) is 0 Å². The number of aromatic nitrogens is 2. The molecule has 1 saturated carbocycles. The van der Waals surface area contributed by atoms with Gasteiger partial charge in [-0.2, -0.15) is 0 Å². The van der Waals surface area contributed by atoms with Crippen LogP contribution in [0.25, 0.3) is 11.0 Å². The van der Waals surface area contributed by atoms with Crippen molar-refractivity contribution in [1.29, 1.82) is 0 Å². The van der Waals surface area contributed by atoms with Crippen molar-refractivity contribution in [2.45, 2.75) is 39.2 Å². The Bertz CT molecular complexity index is 537. The molecule has 4 heteroatoms. The molecule has 3 rings (SSSR count). The second-order valence-corrected chi connectivity index (χ2v) is 6.56. The summed E-state index contributed by atoms with van der Waals surface area (Å²) in [6.07, 6.45) is 3.98. The number of fused-ring (bicyclic) bond motifs is 1. The molecule has 2 aromatic rings. The van der Waals surface area contributed by atoms with Gasteiger partial charge in [0.1, 0.15) is 0 Å². The normalized spacial score (nSPS) is 28.4. The third-order valence-electron chi connectivity index (χ3n) is 4.33. The molecule has 1 fully saturated rings. The van der Waals surface area contributed by atoms with E-state index in [1.165, 1.54) is 24.9 Å². The standard InChI is InChI=1S/C14H19N3Se/c1-9-5-3-6-11(10(9)2)15-12-7-4-8-13-14(12)17-18-16-13/h4,7-11,15H,3,5-6H2,1-2H3. The Morgan fingerprint density at radius 2 is 2.11 bits per heavy atom. The van der Waals surface area contributed by atoms with Gasteiger partial charge in [0.25, 0.3) is 0 Å². The second kappa shape index (κ2) is 5.02.